The lowest BCUT2D eigenvalue weighted by Crippen LogP contribution is -2.22. The Labute approximate surface area is 182 Å². The van der Waals surface area contributed by atoms with Crippen molar-refractivity contribution >= 4 is 17.3 Å². The maximum atomic E-state index is 12.9. The largest absolute Gasteiger partial charge is 0.511 e. The van der Waals surface area contributed by atoms with Gasteiger partial charge in [-0.25, -0.2) is 0 Å². The average molecular weight is 421 g/mol. The van der Waals surface area contributed by atoms with Gasteiger partial charge in [0.1, 0.15) is 11.5 Å². The number of Topliss-reactive ketones (excluding diaryl/α,β-unsaturated/α-hetero) is 2. The van der Waals surface area contributed by atoms with Crippen LogP contribution in [0.15, 0.2) is 51.2 Å². The van der Waals surface area contributed by atoms with Crippen LogP contribution in [0.5, 0.6) is 0 Å². The number of nitrogens with zero attached hydrogens (tertiary/aromatic N) is 2. The summed E-state index contributed by atoms with van der Waals surface area (Å²) in [6.07, 6.45) is 3.54. The van der Waals surface area contributed by atoms with Gasteiger partial charge < -0.3 is 9.63 Å². The highest BCUT2D eigenvalue weighted by molar-refractivity contribution is 6.23. The first-order valence-corrected chi connectivity index (χ1v) is 11.0. The fourth-order valence-corrected chi connectivity index (χ4v) is 4.53. The van der Waals surface area contributed by atoms with Gasteiger partial charge in [0.25, 0.3) is 0 Å². The topological polar surface area (TPSA) is 92.8 Å². The Kier molecular flexibility index (Phi) is 6.16. The van der Waals surface area contributed by atoms with E-state index in [0.717, 1.165) is 5.56 Å². The number of allylic oxidation sites excluding steroid dienone is 2. The quantitative estimate of drug-likeness (QED) is 0.669. The van der Waals surface area contributed by atoms with Gasteiger partial charge in [0.2, 0.25) is 0 Å². The van der Waals surface area contributed by atoms with Crippen molar-refractivity contribution in [3.05, 3.63) is 64.2 Å². The standard InChI is InChI=1S/C25H28N2O4/c1-15(2)26-18(24-20(28)9-6-10-21(24)29)11-12-19-25-22(30)13-17(14-23(25)31-27-19)16-7-4-3-5-8-16/h3-5,7-8,15,17,28H,6,9-14H2,1-2H3. The molecule has 0 spiro atoms. The molecule has 0 saturated heterocycles. The number of carbonyl (C=O) groups is 2. The van der Waals surface area contributed by atoms with Crippen LogP contribution in [0, 0.1) is 0 Å². The summed E-state index contributed by atoms with van der Waals surface area (Å²) in [5, 5.41) is 14.5. The van der Waals surface area contributed by atoms with Crippen molar-refractivity contribution in [3.8, 4) is 0 Å². The van der Waals surface area contributed by atoms with Crippen LogP contribution in [0.2, 0.25) is 0 Å². The van der Waals surface area contributed by atoms with Crippen molar-refractivity contribution in [2.45, 2.75) is 70.8 Å². The fraction of sp³-hybridized carbons (Fsp3) is 0.440. The monoisotopic (exact) mass is 420 g/mol. The van der Waals surface area contributed by atoms with Crippen molar-refractivity contribution in [3.63, 3.8) is 0 Å². The molecular weight excluding hydrogens is 392 g/mol. The van der Waals surface area contributed by atoms with Crippen LogP contribution < -0.4 is 0 Å². The Balaban J connectivity index is 1.55. The van der Waals surface area contributed by atoms with E-state index in [-0.39, 0.29) is 29.3 Å². The van der Waals surface area contributed by atoms with E-state index < -0.39 is 0 Å². The number of carbonyl (C=O) groups excluding carboxylic acids is 2. The minimum absolute atomic E-state index is 0.00971. The number of benzene rings is 1. The van der Waals surface area contributed by atoms with E-state index >= 15 is 0 Å². The van der Waals surface area contributed by atoms with Gasteiger partial charge >= 0.3 is 0 Å². The van der Waals surface area contributed by atoms with Crippen LogP contribution in [-0.2, 0) is 17.6 Å². The Morgan fingerprint density at radius 3 is 2.65 bits per heavy atom. The molecule has 0 fully saturated rings. The Bertz CT molecular complexity index is 1050. The molecule has 1 aromatic carbocycles. The summed E-state index contributed by atoms with van der Waals surface area (Å²) >= 11 is 0. The number of aryl methyl sites for hydroxylation is 1. The number of aliphatic hydroxyl groups excluding tert-OH is 1. The summed E-state index contributed by atoms with van der Waals surface area (Å²) in [5.41, 5.74) is 3.28. The fourth-order valence-electron chi connectivity index (χ4n) is 4.53. The van der Waals surface area contributed by atoms with Gasteiger partial charge in [-0.05, 0) is 44.6 Å². The van der Waals surface area contributed by atoms with E-state index in [0.29, 0.717) is 73.2 Å². The zero-order valence-electron chi connectivity index (χ0n) is 18.1. The smallest absolute Gasteiger partial charge is 0.168 e. The first-order chi connectivity index (χ1) is 14.9. The summed E-state index contributed by atoms with van der Waals surface area (Å²) in [5.74, 6) is 0.844. The molecule has 2 aliphatic carbocycles. The number of rotatable bonds is 6. The number of aliphatic hydroxyl groups is 1. The molecule has 1 aromatic heterocycles. The third-order valence-corrected chi connectivity index (χ3v) is 5.93. The predicted molar refractivity (Wildman–Crippen MR) is 118 cm³/mol. The number of hydrogen-bond acceptors (Lipinski definition) is 6. The minimum Gasteiger partial charge on any atom is -0.511 e. The third kappa shape index (κ3) is 4.53. The van der Waals surface area contributed by atoms with Crippen LogP contribution in [0.3, 0.4) is 0 Å². The zero-order chi connectivity index (χ0) is 22.0. The Hall–Kier alpha value is -3.02. The number of ketones is 2. The molecular formula is C25H28N2O4. The van der Waals surface area contributed by atoms with Crippen molar-refractivity contribution in [1.29, 1.82) is 0 Å². The maximum Gasteiger partial charge on any atom is 0.168 e. The molecule has 0 saturated carbocycles. The summed E-state index contributed by atoms with van der Waals surface area (Å²) < 4.78 is 5.57. The molecule has 1 atom stereocenters. The Morgan fingerprint density at radius 2 is 1.94 bits per heavy atom. The van der Waals surface area contributed by atoms with Gasteiger partial charge in [0.05, 0.1) is 16.8 Å². The second-order valence-electron chi connectivity index (χ2n) is 8.63. The molecule has 0 radical (unpaired) electrons. The van der Waals surface area contributed by atoms with Gasteiger partial charge in [-0.1, -0.05) is 35.5 Å². The first kappa shape index (κ1) is 21.2. The second kappa shape index (κ2) is 9.00. The second-order valence-corrected chi connectivity index (χ2v) is 8.63. The van der Waals surface area contributed by atoms with Gasteiger partial charge in [-0.3, -0.25) is 14.6 Å². The van der Waals surface area contributed by atoms with E-state index in [1.807, 2.05) is 44.2 Å². The normalized spacial score (nSPS) is 19.8. The Morgan fingerprint density at radius 1 is 1.16 bits per heavy atom. The first-order valence-electron chi connectivity index (χ1n) is 11.0. The van der Waals surface area contributed by atoms with Crippen molar-refractivity contribution in [2.75, 3.05) is 0 Å². The molecule has 2 aliphatic rings. The lowest BCUT2D eigenvalue weighted by Gasteiger charge is -2.20. The van der Waals surface area contributed by atoms with E-state index in [4.69, 9.17) is 4.52 Å². The van der Waals surface area contributed by atoms with Crippen LogP contribution in [0.1, 0.15) is 79.2 Å². The summed E-state index contributed by atoms with van der Waals surface area (Å²) in [7, 11) is 0. The van der Waals surface area contributed by atoms with Crippen LogP contribution in [0.25, 0.3) is 0 Å². The molecule has 31 heavy (non-hydrogen) atoms. The summed E-state index contributed by atoms with van der Waals surface area (Å²) in [6, 6.07) is 9.99. The SMILES string of the molecule is CC(C)N=C(CCc1noc2c1C(=O)CC(c1ccccc1)C2)C1=C(O)CCCC1=O. The van der Waals surface area contributed by atoms with E-state index in [1.165, 1.54) is 0 Å². The third-order valence-electron chi connectivity index (χ3n) is 5.93. The van der Waals surface area contributed by atoms with E-state index in [1.54, 1.807) is 0 Å². The number of hydrogen-bond donors (Lipinski definition) is 1. The van der Waals surface area contributed by atoms with Gasteiger partial charge in [0, 0.05) is 37.4 Å². The molecule has 1 unspecified atom stereocenters. The molecule has 6 heteroatoms. The highest BCUT2D eigenvalue weighted by Gasteiger charge is 2.33. The molecule has 2 aromatic rings. The van der Waals surface area contributed by atoms with Gasteiger partial charge in [-0.15, -0.1) is 0 Å². The molecule has 4 rings (SSSR count). The maximum absolute atomic E-state index is 12.9. The highest BCUT2D eigenvalue weighted by Crippen LogP contribution is 2.34. The molecule has 1 N–H and O–H groups in total. The number of aromatic nitrogens is 1. The van der Waals surface area contributed by atoms with Crippen molar-refractivity contribution in [2.24, 2.45) is 4.99 Å². The van der Waals surface area contributed by atoms with E-state index in [9.17, 15) is 14.7 Å². The van der Waals surface area contributed by atoms with Gasteiger partial charge in [0.15, 0.2) is 11.6 Å². The molecule has 162 valence electrons. The summed E-state index contributed by atoms with van der Waals surface area (Å²) in [6.45, 7) is 3.88. The predicted octanol–water partition coefficient (Wildman–Crippen LogP) is 4.93. The van der Waals surface area contributed by atoms with Crippen molar-refractivity contribution < 1.29 is 19.2 Å². The highest BCUT2D eigenvalue weighted by atomic mass is 16.5. The molecule has 6 nitrogen and oxygen atoms in total. The summed E-state index contributed by atoms with van der Waals surface area (Å²) in [4.78, 5) is 30.0. The van der Waals surface area contributed by atoms with Crippen LogP contribution in [0.4, 0.5) is 0 Å². The van der Waals surface area contributed by atoms with Crippen LogP contribution in [-0.4, -0.2) is 33.6 Å². The number of fused-ring (bicyclic) bond motifs is 1. The van der Waals surface area contributed by atoms with Gasteiger partial charge in [-0.2, -0.15) is 0 Å². The molecule has 0 aliphatic heterocycles. The van der Waals surface area contributed by atoms with Crippen LogP contribution >= 0.6 is 0 Å². The zero-order valence-corrected chi connectivity index (χ0v) is 18.1. The molecule has 0 amide bonds. The molecule has 1 heterocycles. The van der Waals surface area contributed by atoms with Crippen molar-refractivity contribution in [1.82, 2.24) is 5.16 Å². The molecule has 0 bridgehead atoms. The lowest BCUT2D eigenvalue weighted by molar-refractivity contribution is -0.115. The van der Waals surface area contributed by atoms with E-state index in [2.05, 4.69) is 10.1 Å². The number of aliphatic imine (C=N–C) groups is 1. The average Bonchev–Trinajstić information content (AvgIpc) is 3.15. The minimum atomic E-state index is -0.0629. The lowest BCUT2D eigenvalue weighted by atomic mass is 9.81.